The molecule has 0 amide bonds. The Hall–Kier alpha value is -1.59. The quantitative estimate of drug-likeness (QED) is 0.0345. The van der Waals surface area contributed by atoms with E-state index in [1.165, 1.54) is 199 Å². The zero-order valence-corrected chi connectivity index (χ0v) is 40.9. The molecule has 0 saturated heterocycles. The number of ether oxygens (including phenoxy) is 3. The third-order valence-electron chi connectivity index (χ3n) is 12.7. The third-order valence-corrected chi connectivity index (χ3v) is 12.7. The Morgan fingerprint density at radius 3 is 0.867 bits per heavy atom. The van der Waals surface area contributed by atoms with Crippen LogP contribution in [0.4, 0.5) is 0 Å². The van der Waals surface area contributed by atoms with Crippen LogP contribution >= 0.6 is 0 Å². The van der Waals surface area contributed by atoms with Crippen LogP contribution in [0.25, 0.3) is 0 Å². The van der Waals surface area contributed by atoms with Crippen LogP contribution in [0.15, 0.2) is 0 Å². The van der Waals surface area contributed by atoms with Gasteiger partial charge in [-0.15, -0.1) is 0 Å². The highest BCUT2D eigenvalue weighted by atomic mass is 16.6. The third kappa shape index (κ3) is 45.9. The second-order valence-corrected chi connectivity index (χ2v) is 18.8. The van der Waals surface area contributed by atoms with Crippen molar-refractivity contribution in [3.05, 3.63) is 0 Å². The topological polar surface area (TPSA) is 78.9 Å². The van der Waals surface area contributed by atoms with Gasteiger partial charge in [-0.2, -0.15) is 0 Å². The lowest BCUT2D eigenvalue weighted by atomic mass is 9.99. The van der Waals surface area contributed by atoms with Crippen molar-refractivity contribution in [2.75, 3.05) is 13.2 Å². The van der Waals surface area contributed by atoms with Gasteiger partial charge in [-0.3, -0.25) is 14.4 Å². The van der Waals surface area contributed by atoms with E-state index in [0.29, 0.717) is 19.3 Å². The molecule has 0 heterocycles. The van der Waals surface area contributed by atoms with E-state index in [9.17, 15) is 14.4 Å². The number of unbranched alkanes of at least 4 members (excludes halogenated alkanes) is 35. The maximum atomic E-state index is 12.8. The van der Waals surface area contributed by atoms with Crippen LogP contribution < -0.4 is 0 Å². The minimum absolute atomic E-state index is 0.0631. The molecule has 0 aromatic carbocycles. The Morgan fingerprint density at radius 1 is 0.333 bits per heavy atom. The maximum Gasteiger partial charge on any atom is 0.306 e. The molecule has 60 heavy (non-hydrogen) atoms. The first-order chi connectivity index (χ1) is 29.4. The molecule has 0 fully saturated rings. The zero-order valence-electron chi connectivity index (χ0n) is 40.9. The Kier molecular flexibility index (Phi) is 47.2. The van der Waals surface area contributed by atoms with Gasteiger partial charge in [0.2, 0.25) is 0 Å². The van der Waals surface area contributed by atoms with E-state index in [0.717, 1.165) is 63.7 Å². The van der Waals surface area contributed by atoms with Crippen molar-refractivity contribution in [2.24, 2.45) is 5.92 Å². The van der Waals surface area contributed by atoms with E-state index in [2.05, 4.69) is 27.7 Å². The molecule has 0 aromatic heterocycles. The molecule has 6 nitrogen and oxygen atoms in total. The molecule has 0 aliphatic heterocycles. The number of rotatable bonds is 49. The molecular weight excluding hydrogens is 745 g/mol. The zero-order chi connectivity index (χ0) is 43.8. The monoisotopic (exact) mass is 849 g/mol. The number of esters is 3. The minimum atomic E-state index is -0.761. The molecule has 2 atom stereocenters. The van der Waals surface area contributed by atoms with Crippen LogP contribution in [0, 0.1) is 5.92 Å². The Morgan fingerprint density at radius 2 is 0.583 bits per heavy atom. The molecule has 0 rings (SSSR count). The van der Waals surface area contributed by atoms with Gasteiger partial charge in [-0.1, -0.05) is 265 Å². The fourth-order valence-electron chi connectivity index (χ4n) is 8.19. The molecule has 0 radical (unpaired) electrons. The molecule has 0 spiro atoms. The SMILES string of the molecule is CCCCCCCCCCCCCCCCCCCCCC(=O)O[C@@H](COC(=O)CCCCCCCCCCCCC)COC(=O)CCCCCCCCCCC(C)CC. The lowest BCUT2D eigenvalue weighted by molar-refractivity contribution is -0.167. The summed E-state index contributed by atoms with van der Waals surface area (Å²) in [5.41, 5.74) is 0. The molecule has 0 aliphatic carbocycles. The number of carbonyl (C=O) groups is 3. The van der Waals surface area contributed by atoms with E-state index in [4.69, 9.17) is 14.2 Å². The van der Waals surface area contributed by atoms with E-state index < -0.39 is 6.10 Å². The standard InChI is InChI=1S/C54H104O6/c1-5-8-10-12-14-16-18-19-20-21-22-23-24-25-27-29-35-39-43-47-54(57)60-51(48-58-52(55)45-41-37-33-28-26-17-15-13-11-9-6-2)49-59-53(56)46-42-38-34-31-30-32-36-40-44-50(4)7-3/h50-51H,5-49H2,1-4H3/t50?,51-/m0/s1. The predicted molar refractivity (Wildman–Crippen MR) is 257 cm³/mol. The fourth-order valence-corrected chi connectivity index (χ4v) is 8.19. The number of hydrogen-bond acceptors (Lipinski definition) is 6. The largest absolute Gasteiger partial charge is 0.462 e. The summed E-state index contributed by atoms with van der Waals surface area (Å²) in [6.45, 7) is 9.03. The first-order valence-electron chi connectivity index (χ1n) is 26.9. The lowest BCUT2D eigenvalue weighted by Gasteiger charge is -2.18. The normalized spacial score (nSPS) is 12.4. The van der Waals surface area contributed by atoms with Crippen molar-refractivity contribution >= 4 is 17.9 Å². The van der Waals surface area contributed by atoms with Gasteiger partial charge in [0.25, 0.3) is 0 Å². The second-order valence-electron chi connectivity index (χ2n) is 18.8. The van der Waals surface area contributed by atoms with Crippen LogP contribution in [0.5, 0.6) is 0 Å². The van der Waals surface area contributed by atoms with Gasteiger partial charge in [0.1, 0.15) is 13.2 Å². The number of hydrogen-bond donors (Lipinski definition) is 0. The van der Waals surface area contributed by atoms with Gasteiger partial charge < -0.3 is 14.2 Å². The fraction of sp³-hybridized carbons (Fsp3) is 0.944. The molecule has 1 unspecified atom stereocenters. The van der Waals surface area contributed by atoms with Crippen LogP contribution in [0.1, 0.15) is 304 Å². The molecule has 0 aromatic rings. The van der Waals surface area contributed by atoms with Crippen LogP contribution in [-0.2, 0) is 28.6 Å². The molecule has 0 N–H and O–H groups in total. The molecule has 6 heteroatoms. The summed E-state index contributed by atoms with van der Waals surface area (Å²) in [5, 5.41) is 0. The van der Waals surface area contributed by atoms with E-state index in [-0.39, 0.29) is 31.1 Å². The maximum absolute atomic E-state index is 12.8. The van der Waals surface area contributed by atoms with Gasteiger partial charge in [0.15, 0.2) is 6.10 Å². The molecule has 0 aliphatic rings. The number of carbonyl (C=O) groups excluding carboxylic acids is 3. The second kappa shape index (κ2) is 48.4. The van der Waals surface area contributed by atoms with Crippen molar-refractivity contribution in [1.29, 1.82) is 0 Å². The summed E-state index contributed by atoms with van der Waals surface area (Å²) < 4.78 is 16.8. The minimum Gasteiger partial charge on any atom is -0.462 e. The predicted octanol–water partition coefficient (Wildman–Crippen LogP) is 17.5. The Labute approximate surface area is 374 Å². The van der Waals surface area contributed by atoms with Crippen LogP contribution in [-0.4, -0.2) is 37.2 Å². The molecule has 356 valence electrons. The highest BCUT2D eigenvalue weighted by molar-refractivity contribution is 5.71. The molecular formula is C54H104O6. The van der Waals surface area contributed by atoms with Crippen molar-refractivity contribution in [1.82, 2.24) is 0 Å². The van der Waals surface area contributed by atoms with Crippen LogP contribution in [0.3, 0.4) is 0 Å². The summed E-state index contributed by atoms with van der Waals surface area (Å²) in [6, 6.07) is 0. The summed E-state index contributed by atoms with van der Waals surface area (Å²) in [6.07, 6.45) is 50.9. The van der Waals surface area contributed by atoms with Crippen molar-refractivity contribution in [3.8, 4) is 0 Å². The van der Waals surface area contributed by atoms with E-state index in [1.54, 1.807) is 0 Å². The van der Waals surface area contributed by atoms with E-state index in [1.807, 2.05) is 0 Å². The Balaban J connectivity index is 4.26. The van der Waals surface area contributed by atoms with E-state index >= 15 is 0 Å². The van der Waals surface area contributed by atoms with Gasteiger partial charge in [0.05, 0.1) is 0 Å². The van der Waals surface area contributed by atoms with Gasteiger partial charge in [0, 0.05) is 19.3 Å². The molecule has 0 bridgehead atoms. The highest BCUT2D eigenvalue weighted by Crippen LogP contribution is 2.18. The van der Waals surface area contributed by atoms with Crippen LogP contribution in [0.2, 0.25) is 0 Å². The van der Waals surface area contributed by atoms with Crippen molar-refractivity contribution in [3.63, 3.8) is 0 Å². The molecule has 0 saturated carbocycles. The first-order valence-corrected chi connectivity index (χ1v) is 26.9. The highest BCUT2D eigenvalue weighted by Gasteiger charge is 2.19. The summed E-state index contributed by atoms with van der Waals surface area (Å²) in [7, 11) is 0. The van der Waals surface area contributed by atoms with Gasteiger partial charge in [-0.05, 0) is 25.2 Å². The average molecular weight is 849 g/mol. The summed E-state index contributed by atoms with van der Waals surface area (Å²) in [4.78, 5) is 37.9. The Bertz CT molecular complexity index is 905. The lowest BCUT2D eigenvalue weighted by Crippen LogP contribution is -2.30. The smallest absolute Gasteiger partial charge is 0.306 e. The summed E-state index contributed by atoms with van der Waals surface area (Å²) >= 11 is 0. The van der Waals surface area contributed by atoms with Gasteiger partial charge >= 0.3 is 17.9 Å². The van der Waals surface area contributed by atoms with Gasteiger partial charge in [-0.25, -0.2) is 0 Å². The van der Waals surface area contributed by atoms with Crippen molar-refractivity contribution < 1.29 is 28.6 Å². The first kappa shape index (κ1) is 58.4. The summed E-state index contributed by atoms with van der Waals surface area (Å²) in [5.74, 6) is 0.00323. The van der Waals surface area contributed by atoms with Crippen molar-refractivity contribution in [2.45, 2.75) is 310 Å². The average Bonchev–Trinajstić information content (AvgIpc) is 3.25.